The summed E-state index contributed by atoms with van der Waals surface area (Å²) in [6, 6.07) is 8.38. The number of hydrogen-bond donors (Lipinski definition) is 1. The fourth-order valence-corrected chi connectivity index (χ4v) is 0.901. The first-order valence-corrected chi connectivity index (χ1v) is 4.18. The summed E-state index contributed by atoms with van der Waals surface area (Å²) in [6.45, 7) is -0.322. The van der Waals surface area contributed by atoms with Gasteiger partial charge in [0, 0.05) is 0 Å². The Morgan fingerprint density at radius 3 is 2.73 bits per heavy atom. The van der Waals surface area contributed by atoms with Gasteiger partial charge in [-0.15, -0.1) is 0 Å². The summed E-state index contributed by atoms with van der Waals surface area (Å²) in [4.78, 5) is 13.9. The van der Waals surface area contributed by atoms with Crippen LogP contribution in [-0.4, -0.2) is 17.7 Å². The Morgan fingerprint density at radius 2 is 2.13 bits per heavy atom. The standard InChI is InChI=1S/C10H8N2O3/c11-12-6-9(13)7-15-10(14)8-4-2-1-3-5-8/h1-6H,7H2/p+1/b9-6-. The number of benzene rings is 1. The molecule has 0 saturated carbocycles. The van der Waals surface area contributed by atoms with Crippen molar-refractivity contribution in [2.24, 2.45) is 0 Å². The molecule has 0 amide bonds. The number of diazo groups is 1. The Balaban J connectivity index is 2.52. The van der Waals surface area contributed by atoms with Gasteiger partial charge in [-0.3, -0.25) is 0 Å². The predicted molar refractivity (Wildman–Crippen MR) is 52.5 cm³/mol. The van der Waals surface area contributed by atoms with Crippen LogP contribution >= 0.6 is 0 Å². The van der Waals surface area contributed by atoms with Crippen LogP contribution in [-0.2, 0) is 4.74 Å². The summed E-state index contributed by atoms with van der Waals surface area (Å²) in [5.41, 5.74) is 0.395. The van der Waals surface area contributed by atoms with E-state index in [4.69, 9.17) is 15.2 Å². The van der Waals surface area contributed by atoms with Crippen LogP contribution < -0.4 is 0 Å². The number of carbonyl (C=O) groups is 1. The molecule has 0 aliphatic heterocycles. The highest BCUT2D eigenvalue weighted by Gasteiger charge is 2.08. The zero-order valence-corrected chi connectivity index (χ0v) is 7.83. The SMILES string of the molecule is N#[N+]/C=C(\O)COC(=O)c1ccccc1. The lowest BCUT2D eigenvalue weighted by Crippen LogP contribution is -2.07. The smallest absolute Gasteiger partial charge is 0.391 e. The molecule has 1 rings (SSSR count). The van der Waals surface area contributed by atoms with Crippen LogP contribution in [0.4, 0.5) is 0 Å². The average molecular weight is 205 g/mol. The van der Waals surface area contributed by atoms with Gasteiger partial charge in [-0.1, -0.05) is 18.2 Å². The van der Waals surface area contributed by atoms with Crippen molar-refractivity contribution in [3.63, 3.8) is 0 Å². The van der Waals surface area contributed by atoms with E-state index < -0.39 is 5.97 Å². The lowest BCUT2D eigenvalue weighted by atomic mass is 10.2. The van der Waals surface area contributed by atoms with Gasteiger partial charge in [0.15, 0.2) is 11.6 Å². The van der Waals surface area contributed by atoms with E-state index in [0.29, 0.717) is 5.56 Å². The molecule has 1 aromatic rings. The molecule has 0 fully saturated rings. The highest BCUT2D eigenvalue weighted by Crippen LogP contribution is 2.02. The number of nitrogens with zero attached hydrogens (tertiary/aromatic N) is 2. The Hall–Kier alpha value is -2.35. The van der Waals surface area contributed by atoms with Gasteiger partial charge >= 0.3 is 12.2 Å². The Bertz CT molecular complexity index is 406. The molecule has 0 bridgehead atoms. The molecular weight excluding hydrogens is 196 g/mol. The van der Waals surface area contributed by atoms with E-state index in [1.165, 1.54) is 0 Å². The summed E-state index contributed by atoms with van der Waals surface area (Å²) in [5.74, 6) is -0.879. The zero-order chi connectivity index (χ0) is 11.1. The maximum atomic E-state index is 11.3. The van der Waals surface area contributed by atoms with Crippen LogP contribution in [0.5, 0.6) is 0 Å². The van der Waals surface area contributed by atoms with Gasteiger partial charge in [0.2, 0.25) is 11.2 Å². The van der Waals surface area contributed by atoms with E-state index in [0.717, 1.165) is 6.20 Å². The molecule has 0 radical (unpaired) electrons. The van der Waals surface area contributed by atoms with Gasteiger partial charge in [0.25, 0.3) is 0 Å². The Kier molecular flexibility index (Phi) is 3.86. The molecule has 0 unspecified atom stereocenters. The molecule has 76 valence electrons. The molecule has 0 spiro atoms. The lowest BCUT2D eigenvalue weighted by Gasteiger charge is -2.01. The average Bonchev–Trinajstić information content (AvgIpc) is 2.27. The summed E-state index contributed by atoms with van der Waals surface area (Å²) in [7, 11) is 0. The minimum atomic E-state index is -0.548. The van der Waals surface area contributed by atoms with Crippen molar-refractivity contribution < 1.29 is 14.6 Å². The van der Waals surface area contributed by atoms with Crippen molar-refractivity contribution in [2.45, 2.75) is 0 Å². The first-order chi connectivity index (χ1) is 7.24. The molecule has 5 heteroatoms. The lowest BCUT2D eigenvalue weighted by molar-refractivity contribution is 0.0501. The van der Waals surface area contributed by atoms with Gasteiger partial charge in [0.1, 0.15) is 0 Å². The second-order valence-corrected chi connectivity index (χ2v) is 2.68. The molecule has 15 heavy (non-hydrogen) atoms. The Labute approximate surface area is 86.2 Å². The van der Waals surface area contributed by atoms with Crippen LogP contribution in [0.2, 0.25) is 0 Å². The molecule has 0 aliphatic rings. The third-order valence-electron chi connectivity index (χ3n) is 1.57. The highest BCUT2D eigenvalue weighted by atomic mass is 16.5. The summed E-state index contributed by atoms with van der Waals surface area (Å²) in [6.07, 6.45) is 0.790. The molecule has 1 aromatic carbocycles. The van der Waals surface area contributed by atoms with Crippen LogP contribution in [0.25, 0.3) is 4.98 Å². The maximum absolute atomic E-state index is 11.3. The minimum absolute atomic E-state index is 0.322. The number of rotatable bonds is 3. The minimum Gasteiger partial charge on any atom is -0.503 e. The topological polar surface area (TPSA) is 74.7 Å². The highest BCUT2D eigenvalue weighted by molar-refractivity contribution is 5.89. The fourth-order valence-electron chi connectivity index (χ4n) is 0.901. The monoisotopic (exact) mass is 205 g/mol. The van der Waals surface area contributed by atoms with Crippen molar-refractivity contribution in [3.05, 3.63) is 52.8 Å². The van der Waals surface area contributed by atoms with Gasteiger partial charge in [-0.2, -0.15) is 0 Å². The van der Waals surface area contributed by atoms with Crippen molar-refractivity contribution in [2.75, 3.05) is 6.61 Å². The number of aliphatic hydroxyl groups is 1. The van der Waals surface area contributed by atoms with Gasteiger partial charge in [0.05, 0.1) is 5.56 Å². The zero-order valence-electron chi connectivity index (χ0n) is 7.83. The quantitative estimate of drug-likeness (QED) is 0.465. The maximum Gasteiger partial charge on any atom is 0.391 e. The van der Waals surface area contributed by atoms with Gasteiger partial charge in [-0.05, 0) is 12.1 Å². The number of hydrogen-bond acceptors (Lipinski definition) is 4. The van der Waals surface area contributed by atoms with Crippen molar-refractivity contribution in [1.29, 1.82) is 5.39 Å². The van der Waals surface area contributed by atoms with Crippen molar-refractivity contribution in [1.82, 2.24) is 0 Å². The molecule has 1 N–H and O–H groups in total. The van der Waals surface area contributed by atoms with E-state index >= 15 is 0 Å². The van der Waals surface area contributed by atoms with E-state index in [2.05, 4.69) is 4.98 Å². The van der Waals surface area contributed by atoms with E-state index in [9.17, 15) is 4.79 Å². The second-order valence-electron chi connectivity index (χ2n) is 2.68. The third kappa shape index (κ3) is 3.48. The normalized spacial score (nSPS) is 10.5. The number of esters is 1. The first-order valence-electron chi connectivity index (χ1n) is 4.18. The van der Waals surface area contributed by atoms with E-state index in [1.807, 2.05) is 0 Å². The predicted octanol–water partition coefficient (Wildman–Crippen LogP) is 2.10. The van der Waals surface area contributed by atoms with Crippen LogP contribution in [0, 0.1) is 5.39 Å². The Morgan fingerprint density at radius 1 is 1.47 bits per heavy atom. The molecule has 5 nitrogen and oxygen atoms in total. The van der Waals surface area contributed by atoms with Crippen LogP contribution in [0.1, 0.15) is 10.4 Å². The molecular formula is C10H9N2O3+. The number of carbonyl (C=O) groups excluding carboxylic acids is 1. The van der Waals surface area contributed by atoms with Crippen molar-refractivity contribution >= 4 is 5.97 Å². The molecule has 0 aliphatic carbocycles. The van der Waals surface area contributed by atoms with E-state index in [1.54, 1.807) is 30.3 Å². The summed E-state index contributed by atoms with van der Waals surface area (Å²) in [5, 5.41) is 17.0. The summed E-state index contributed by atoms with van der Waals surface area (Å²) >= 11 is 0. The molecule has 0 saturated heterocycles. The number of aliphatic hydroxyl groups excluding tert-OH is 1. The fraction of sp³-hybridized carbons (Fsp3) is 0.100. The number of ether oxygens (including phenoxy) is 1. The van der Waals surface area contributed by atoms with E-state index in [-0.39, 0.29) is 12.4 Å². The van der Waals surface area contributed by atoms with Gasteiger partial charge < -0.3 is 9.84 Å². The molecule has 0 atom stereocenters. The van der Waals surface area contributed by atoms with Gasteiger partial charge in [-0.25, -0.2) is 4.79 Å². The summed E-state index contributed by atoms with van der Waals surface area (Å²) < 4.78 is 4.71. The third-order valence-corrected chi connectivity index (χ3v) is 1.57. The largest absolute Gasteiger partial charge is 0.503 e. The second kappa shape index (κ2) is 5.40. The van der Waals surface area contributed by atoms with Crippen LogP contribution in [0.3, 0.4) is 0 Å². The molecule has 0 heterocycles. The molecule has 0 aromatic heterocycles. The first kappa shape index (κ1) is 10.7. The van der Waals surface area contributed by atoms with Crippen LogP contribution in [0.15, 0.2) is 42.3 Å². The van der Waals surface area contributed by atoms with Crippen molar-refractivity contribution in [3.8, 4) is 0 Å².